The monoisotopic (exact) mass is 381 g/mol. The molecule has 0 aromatic heterocycles. The first kappa shape index (κ1) is 22.7. The van der Waals surface area contributed by atoms with Crippen LogP contribution in [0.3, 0.4) is 0 Å². The zero-order valence-corrected chi connectivity index (χ0v) is 18.6. The normalized spacial score (nSPS) is 12.2. The van der Waals surface area contributed by atoms with E-state index < -0.39 is 8.32 Å². The second kappa shape index (κ2) is 9.53. The lowest BCUT2D eigenvalue weighted by atomic mass is 10.0. The highest BCUT2D eigenvalue weighted by atomic mass is 28.4. The summed E-state index contributed by atoms with van der Waals surface area (Å²) in [4.78, 5) is 11.6. The SMILES string of the molecule is CNC(=O)CCc1cc(COC)c(O[Si](C)(C)C(C)(C)C)c(COC)c1. The molecule has 0 fully saturated rings. The number of hydrogen-bond acceptors (Lipinski definition) is 4. The molecule has 0 aliphatic heterocycles. The maximum Gasteiger partial charge on any atom is 0.250 e. The lowest BCUT2D eigenvalue weighted by molar-refractivity contribution is -0.120. The molecule has 6 heteroatoms. The molecule has 0 heterocycles. The van der Waals surface area contributed by atoms with Crippen LogP contribution in [-0.4, -0.2) is 35.5 Å². The van der Waals surface area contributed by atoms with Crippen molar-refractivity contribution in [3.05, 3.63) is 28.8 Å². The van der Waals surface area contributed by atoms with E-state index in [0.717, 1.165) is 22.4 Å². The fraction of sp³-hybridized carbons (Fsp3) is 0.650. The molecule has 0 saturated carbocycles. The zero-order chi connectivity index (χ0) is 20.0. The molecular formula is C20H35NO4Si. The maximum absolute atomic E-state index is 11.6. The molecule has 1 N–H and O–H groups in total. The molecule has 0 atom stereocenters. The molecule has 1 rings (SSSR count). The van der Waals surface area contributed by atoms with Gasteiger partial charge in [0.15, 0.2) is 0 Å². The molecule has 1 aromatic rings. The molecule has 1 amide bonds. The van der Waals surface area contributed by atoms with Gasteiger partial charge in [0.25, 0.3) is 8.32 Å². The van der Waals surface area contributed by atoms with Gasteiger partial charge in [0, 0.05) is 38.8 Å². The Morgan fingerprint density at radius 2 is 1.58 bits per heavy atom. The van der Waals surface area contributed by atoms with E-state index >= 15 is 0 Å². The number of hydrogen-bond donors (Lipinski definition) is 1. The first-order valence-electron chi connectivity index (χ1n) is 9.08. The molecule has 0 aliphatic carbocycles. The molecule has 0 radical (unpaired) electrons. The molecule has 0 aliphatic rings. The summed E-state index contributed by atoms with van der Waals surface area (Å²) in [7, 11) is 3.02. The number of amides is 1. The largest absolute Gasteiger partial charge is 0.543 e. The summed E-state index contributed by atoms with van der Waals surface area (Å²) in [5.74, 6) is 0.914. The first-order valence-corrected chi connectivity index (χ1v) is 12.0. The van der Waals surface area contributed by atoms with E-state index in [1.165, 1.54) is 0 Å². The highest BCUT2D eigenvalue weighted by Crippen LogP contribution is 2.40. The number of carbonyl (C=O) groups excluding carboxylic acids is 1. The number of nitrogens with one attached hydrogen (secondary N) is 1. The summed E-state index contributed by atoms with van der Waals surface area (Å²) in [6.07, 6.45) is 1.13. The molecule has 1 aromatic carbocycles. The van der Waals surface area contributed by atoms with Crippen LogP contribution in [-0.2, 0) is 33.9 Å². The smallest absolute Gasteiger partial charge is 0.250 e. The van der Waals surface area contributed by atoms with Gasteiger partial charge in [0.2, 0.25) is 5.91 Å². The number of carbonyl (C=O) groups is 1. The van der Waals surface area contributed by atoms with Gasteiger partial charge < -0.3 is 19.2 Å². The van der Waals surface area contributed by atoms with E-state index in [2.05, 4.69) is 51.3 Å². The van der Waals surface area contributed by atoms with Crippen molar-refractivity contribution in [1.29, 1.82) is 0 Å². The second-order valence-corrected chi connectivity index (χ2v) is 12.9. The minimum atomic E-state index is -2.00. The van der Waals surface area contributed by atoms with Gasteiger partial charge in [0.1, 0.15) is 5.75 Å². The molecule has 0 bridgehead atoms. The third kappa shape index (κ3) is 6.11. The van der Waals surface area contributed by atoms with Gasteiger partial charge in [0.05, 0.1) is 13.2 Å². The third-order valence-electron chi connectivity index (χ3n) is 4.99. The first-order chi connectivity index (χ1) is 12.1. The van der Waals surface area contributed by atoms with Gasteiger partial charge in [-0.2, -0.15) is 0 Å². The summed E-state index contributed by atoms with van der Waals surface area (Å²) >= 11 is 0. The number of aryl methyl sites for hydroxylation is 1. The number of ether oxygens (including phenoxy) is 2. The van der Waals surface area contributed by atoms with E-state index in [1.807, 2.05) is 0 Å². The number of benzene rings is 1. The van der Waals surface area contributed by atoms with Crippen molar-refractivity contribution in [1.82, 2.24) is 5.32 Å². The van der Waals surface area contributed by atoms with Crippen LogP contribution >= 0.6 is 0 Å². The van der Waals surface area contributed by atoms with E-state index in [-0.39, 0.29) is 10.9 Å². The lowest BCUT2D eigenvalue weighted by Gasteiger charge is -2.38. The van der Waals surface area contributed by atoms with Crippen LogP contribution in [0.1, 0.15) is 43.9 Å². The predicted molar refractivity (Wildman–Crippen MR) is 108 cm³/mol. The van der Waals surface area contributed by atoms with Gasteiger partial charge in [-0.15, -0.1) is 0 Å². The number of methoxy groups -OCH3 is 2. The Labute approximate surface area is 159 Å². The van der Waals surface area contributed by atoms with Crippen LogP contribution in [0.25, 0.3) is 0 Å². The van der Waals surface area contributed by atoms with Crippen LogP contribution < -0.4 is 9.74 Å². The van der Waals surface area contributed by atoms with E-state index in [1.54, 1.807) is 21.3 Å². The third-order valence-corrected chi connectivity index (χ3v) is 9.31. The Balaban J connectivity index is 3.30. The Morgan fingerprint density at radius 1 is 1.08 bits per heavy atom. The summed E-state index contributed by atoms with van der Waals surface area (Å²) in [5.41, 5.74) is 3.12. The lowest BCUT2D eigenvalue weighted by Crippen LogP contribution is -2.44. The quantitative estimate of drug-likeness (QED) is 0.656. The Hall–Kier alpha value is -1.37. The van der Waals surface area contributed by atoms with E-state index in [9.17, 15) is 4.79 Å². The Kier molecular flexibility index (Phi) is 8.31. The van der Waals surface area contributed by atoms with Crippen LogP contribution in [0.5, 0.6) is 5.75 Å². The summed E-state index contributed by atoms with van der Waals surface area (Å²) in [5, 5.41) is 2.76. The van der Waals surface area contributed by atoms with Gasteiger partial charge in [-0.1, -0.05) is 20.8 Å². The average molecular weight is 382 g/mol. The number of rotatable bonds is 9. The standard InChI is InChI=1S/C20H35NO4Si/c1-20(2,3)26(7,8)25-19-16(13-23-5)11-15(9-10-18(22)21-4)12-17(19)14-24-6/h11-12H,9-10,13-14H2,1-8H3,(H,21,22). The molecule has 26 heavy (non-hydrogen) atoms. The molecule has 0 saturated heterocycles. The van der Waals surface area contributed by atoms with Crippen LogP contribution in [0.15, 0.2) is 12.1 Å². The fourth-order valence-corrected chi connectivity index (χ4v) is 3.50. The fourth-order valence-electron chi connectivity index (χ4n) is 2.42. The van der Waals surface area contributed by atoms with Crippen molar-refractivity contribution >= 4 is 14.2 Å². The van der Waals surface area contributed by atoms with Crippen molar-refractivity contribution in [2.75, 3.05) is 21.3 Å². The minimum Gasteiger partial charge on any atom is -0.543 e. The van der Waals surface area contributed by atoms with Crippen LogP contribution in [0.2, 0.25) is 18.1 Å². The van der Waals surface area contributed by atoms with Crippen molar-refractivity contribution in [2.24, 2.45) is 0 Å². The molecule has 5 nitrogen and oxygen atoms in total. The maximum atomic E-state index is 11.6. The van der Waals surface area contributed by atoms with Crippen LogP contribution in [0, 0.1) is 0 Å². The van der Waals surface area contributed by atoms with Crippen molar-refractivity contribution in [2.45, 2.75) is 65.0 Å². The molecule has 0 spiro atoms. The van der Waals surface area contributed by atoms with Crippen molar-refractivity contribution < 1.29 is 18.7 Å². The summed E-state index contributed by atoms with van der Waals surface area (Å²) in [6, 6.07) is 4.18. The zero-order valence-electron chi connectivity index (χ0n) is 17.6. The highest BCUT2D eigenvalue weighted by molar-refractivity contribution is 6.74. The van der Waals surface area contributed by atoms with Gasteiger partial charge >= 0.3 is 0 Å². The van der Waals surface area contributed by atoms with Gasteiger partial charge in [-0.3, -0.25) is 4.79 Å². The van der Waals surface area contributed by atoms with Crippen molar-refractivity contribution in [3.63, 3.8) is 0 Å². The molecule has 148 valence electrons. The average Bonchev–Trinajstić information content (AvgIpc) is 2.54. The summed E-state index contributed by atoms with van der Waals surface area (Å²) in [6.45, 7) is 12.1. The second-order valence-electron chi connectivity index (χ2n) is 8.14. The molecule has 0 unspecified atom stereocenters. The van der Waals surface area contributed by atoms with Crippen molar-refractivity contribution in [3.8, 4) is 5.75 Å². The highest BCUT2D eigenvalue weighted by Gasteiger charge is 2.39. The van der Waals surface area contributed by atoms with E-state index in [4.69, 9.17) is 13.9 Å². The molecular weight excluding hydrogens is 346 g/mol. The van der Waals surface area contributed by atoms with Gasteiger partial charge in [-0.05, 0) is 42.2 Å². The minimum absolute atomic E-state index is 0.0354. The summed E-state index contributed by atoms with van der Waals surface area (Å²) < 4.78 is 17.5. The predicted octanol–water partition coefficient (Wildman–Crippen LogP) is 4.04. The topological polar surface area (TPSA) is 56.8 Å². The Bertz CT molecular complexity index is 581. The Morgan fingerprint density at radius 3 is 1.96 bits per heavy atom. The van der Waals surface area contributed by atoms with Gasteiger partial charge in [-0.25, -0.2) is 0 Å². The van der Waals surface area contributed by atoms with E-state index in [0.29, 0.717) is 26.1 Å². The van der Waals surface area contributed by atoms with Crippen LogP contribution in [0.4, 0.5) is 0 Å².